The van der Waals surface area contributed by atoms with Crippen LogP contribution in [0.1, 0.15) is 41.5 Å². The van der Waals surface area contributed by atoms with Crippen LogP contribution in [0.25, 0.3) is 5.69 Å². The topological polar surface area (TPSA) is 45.5 Å². The third kappa shape index (κ3) is 5.20. The van der Waals surface area contributed by atoms with Crippen LogP contribution in [0.2, 0.25) is 0 Å². The van der Waals surface area contributed by atoms with Crippen LogP contribution >= 0.6 is 0 Å². The summed E-state index contributed by atoms with van der Waals surface area (Å²) in [4.78, 5) is 4.17. The summed E-state index contributed by atoms with van der Waals surface area (Å²) in [5, 5.41) is 0. The molecule has 1 aliphatic heterocycles. The van der Waals surface area contributed by atoms with Gasteiger partial charge in [0, 0.05) is 43.8 Å². The van der Waals surface area contributed by atoms with Crippen molar-refractivity contribution in [3.63, 3.8) is 0 Å². The van der Waals surface area contributed by atoms with Gasteiger partial charge in [0.1, 0.15) is 12.4 Å². The number of aryl methyl sites for hydroxylation is 1. The maximum Gasteiger partial charge on any atom is 0.416 e. The number of halogens is 4. The molecule has 0 saturated carbocycles. The molecule has 176 valence electrons. The first kappa shape index (κ1) is 23.3. The van der Waals surface area contributed by atoms with Crippen molar-refractivity contribution >= 4 is 0 Å². The molecule has 33 heavy (non-hydrogen) atoms. The van der Waals surface area contributed by atoms with Crippen LogP contribution in [0.5, 0.6) is 5.75 Å². The van der Waals surface area contributed by atoms with Gasteiger partial charge in [0.15, 0.2) is 11.6 Å². The fourth-order valence-corrected chi connectivity index (χ4v) is 3.88. The number of aromatic nitrogens is 2. The lowest BCUT2D eigenvalue weighted by Crippen LogP contribution is -2.26. The van der Waals surface area contributed by atoms with Crippen molar-refractivity contribution in [2.75, 3.05) is 13.7 Å². The molecule has 1 aliphatic rings. The van der Waals surface area contributed by atoms with Crippen LogP contribution in [0.4, 0.5) is 17.6 Å². The monoisotopic (exact) mass is 464 g/mol. The van der Waals surface area contributed by atoms with Gasteiger partial charge in [-0.3, -0.25) is 0 Å². The second-order valence-electron chi connectivity index (χ2n) is 7.92. The lowest BCUT2D eigenvalue weighted by atomic mass is 9.96. The van der Waals surface area contributed by atoms with Gasteiger partial charge in [0.2, 0.25) is 0 Å². The molecule has 4 rings (SSSR count). The molecule has 0 aliphatic carbocycles. The van der Waals surface area contributed by atoms with Crippen molar-refractivity contribution < 1.29 is 31.8 Å². The van der Waals surface area contributed by atoms with Gasteiger partial charge in [-0.05, 0) is 43.2 Å². The number of hydrogen-bond acceptors (Lipinski definition) is 4. The number of methoxy groups -OCH3 is 1. The Labute approximate surface area is 188 Å². The minimum absolute atomic E-state index is 0.0902. The predicted octanol–water partition coefficient (Wildman–Crippen LogP) is 5.78. The average molecular weight is 464 g/mol. The van der Waals surface area contributed by atoms with E-state index in [1.165, 1.54) is 7.11 Å². The Bertz CT molecular complexity index is 1100. The molecule has 0 radical (unpaired) electrons. The maximum absolute atomic E-state index is 15.2. The highest BCUT2D eigenvalue weighted by atomic mass is 19.4. The molecule has 1 aromatic heterocycles. The fourth-order valence-electron chi connectivity index (χ4n) is 3.88. The molecule has 2 aromatic carbocycles. The van der Waals surface area contributed by atoms with Crippen LogP contribution in [0.15, 0.2) is 48.8 Å². The van der Waals surface area contributed by atoms with Crippen LogP contribution in [-0.2, 0) is 22.3 Å². The van der Waals surface area contributed by atoms with E-state index in [0.29, 0.717) is 18.1 Å². The quantitative estimate of drug-likeness (QED) is 0.434. The van der Waals surface area contributed by atoms with E-state index >= 15 is 4.39 Å². The minimum Gasteiger partial charge on any atom is -0.486 e. The van der Waals surface area contributed by atoms with Crippen LogP contribution in [0.3, 0.4) is 0 Å². The first-order valence-corrected chi connectivity index (χ1v) is 10.5. The molecule has 0 amide bonds. The Hall–Kier alpha value is -2.91. The molecule has 3 aromatic rings. The van der Waals surface area contributed by atoms with E-state index in [-0.39, 0.29) is 31.3 Å². The lowest BCUT2D eigenvalue weighted by molar-refractivity contribution is -0.138. The maximum atomic E-state index is 15.2. The molecule has 2 atom stereocenters. The number of imidazole rings is 1. The zero-order valence-corrected chi connectivity index (χ0v) is 18.2. The van der Waals surface area contributed by atoms with Crippen molar-refractivity contribution in [1.29, 1.82) is 0 Å². The van der Waals surface area contributed by atoms with E-state index < -0.39 is 29.4 Å². The predicted molar refractivity (Wildman–Crippen MR) is 113 cm³/mol. The minimum atomic E-state index is -4.65. The Morgan fingerprint density at radius 1 is 1.18 bits per heavy atom. The fraction of sp³-hybridized carbons (Fsp3) is 0.375. The summed E-state index contributed by atoms with van der Waals surface area (Å²) < 4.78 is 74.0. The summed E-state index contributed by atoms with van der Waals surface area (Å²) in [5.74, 6) is -0.494. The Morgan fingerprint density at radius 3 is 2.58 bits per heavy atom. The Morgan fingerprint density at radius 2 is 1.94 bits per heavy atom. The molecule has 1 saturated heterocycles. The summed E-state index contributed by atoms with van der Waals surface area (Å²) in [6.07, 6.45) is -1.33. The molecule has 2 unspecified atom stereocenters. The van der Waals surface area contributed by atoms with Crippen LogP contribution < -0.4 is 4.74 Å². The molecule has 0 N–H and O–H groups in total. The number of rotatable bonds is 6. The van der Waals surface area contributed by atoms with Crippen LogP contribution in [-0.4, -0.2) is 29.4 Å². The zero-order valence-electron chi connectivity index (χ0n) is 18.2. The van der Waals surface area contributed by atoms with E-state index in [1.54, 1.807) is 18.3 Å². The van der Waals surface area contributed by atoms with Crippen molar-refractivity contribution in [3.8, 4) is 11.4 Å². The second-order valence-corrected chi connectivity index (χ2v) is 7.92. The largest absolute Gasteiger partial charge is 0.486 e. The van der Waals surface area contributed by atoms with Crippen molar-refractivity contribution in [3.05, 3.63) is 77.1 Å². The molecule has 0 bridgehead atoms. The molecule has 0 spiro atoms. The number of benzene rings is 2. The standard InChI is InChI=1S/C24H24F4N2O3/c1-15-29-8-9-30(15)18-5-3-16(4-6-18)14-33-22-12-17(24(26,27)28)11-20(23(22)25)21-13-19(31-2)7-10-32-21/h3-6,8-9,11-12,19,21H,7,10,13-14H2,1-2H3. The molecular formula is C24H24F4N2O3. The number of ether oxygens (including phenoxy) is 3. The van der Waals surface area contributed by atoms with E-state index in [4.69, 9.17) is 14.2 Å². The SMILES string of the molecule is COC1CCOC(c2cc(C(F)(F)F)cc(OCc3ccc(-n4ccnc4C)cc3)c2F)C1. The number of nitrogens with zero attached hydrogens (tertiary/aromatic N) is 2. The smallest absolute Gasteiger partial charge is 0.416 e. The normalized spacial score (nSPS) is 19.0. The highest BCUT2D eigenvalue weighted by Crippen LogP contribution is 2.39. The van der Waals surface area contributed by atoms with Crippen molar-refractivity contribution in [2.24, 2.45) is 0 Å². The van der Waals surface area contributed by atoms with Gasteiger partial charge in [0.05, 0.1) is 17.8 Å². The van der Waals surface area contributed by atoms with E-state index in [0.717, 1.165) is 17.6 Å². The number of hydrogen-bond donors (Lipinski definition) is 0. The summed E-state index contributed by atoms with van der Waals surface area (Å²) in [7, 11) is 1.52. The van der Waals surface area contributed by atoms with E-state index in [1.807, 2.05) is 29.8 Å². The summed E-state index contributed by atoms with van der Waals surface area (Å²) in [6.45, 7) is 2.06. The van der Waals surface area contributed by atoms with E-state index in [2.05, 4.69) is 4.98 Å². The second kappa shape index (κ2) is 9.52. The van der Waals surface area contributed by atoms with Gasteiger partial charge < -0.3 is 18.8 Å². The zero-order chi connectivity index (χ0) is 23.6. The van der Waals surface area contributed by atoms with Gasteiger partial charge in [-0.2, -0.15) is 13.2 Å². The van der Waals surface area contributed by atoms with Gasteiger partial charge in [-0.15, -0.1) is 0 Å². The third-order valence-electron chi connectivity index (χ3n) is 5.75. The summed E-state index contributed by atoms with van der Waals surface area (Å²) in [6, 6.07) is 8.71. The van der Waals surface area contributed by atoms with Crippen LogP contribution in [0, 0.1) is 12.7 Å². The lowest BCUT2D eigenvalue weighted by Gasteiger charge is -2.30. The molecule has 9 heteroatoms. The first-order valence-electron chi connectivity index (χ1n) is 10.5. The molecule has 2 heterocycles. The highest BCUT2D eigenvalue weighted by molar-refractivity contribution is 5.40. The van der Waals surface area contributed by atoms with E-state index in [9.17, 15) is 13.2 Å². The summed E-state index contributed by atoms with van der Waals surface area (Å²) in [5.41, 5.74) is 0.405. The van der Waals surface area contributed by atoms with Gasteiger partial charge in [-0.1, -0.05) is 12.1 Å². The molecular weight excluding hydrogens is 440 g/mol. The highest BCUT2D eigenvalue weighted by Gasteiger charge is 2.35. The average Bonchev–Trinajstić information content (AvgIpc) is 3.23. The Kier molecular flexibility index (Phi) is 6.71. The van der Waals surface area contributed by atoms with Gasteiger partial charge in [0.25, 0.3) is 0 Å². The number of alkyl halides is 3. The Balaban J connectivity index is 1.57. The summed E-state index contributed by atoms with van der Waals surface area (Å²) >= 11 is 0. The van der Waals surface area contributed by atoms with Crippen molar-refractivity contribution in [1.82, 2.24) is 9.55 Å². The molecule has 5 nitrogen and oxygen atoms in total. The first-order chi connectivity index (χ1) is 15.8. The third-order valence-corrected chi connectivity index (χ3v) is 5.75. The van der Waals surface area contributed by atoms with Crippen molar-refractivity contribution in [2.45, 2.75) is 44.8 Å². The van der Waals surface area contributed by atoms with Gasteiger partial charge >= 0.3 is 6.18 Å². The van der Waals surface area contributed by atoms with Gasteiger partial charge in [-0.25, -0.2) is 9.37 Å². The molecule has 1 fully saturated rings.